The molecule has 4 aromatic rings. The molecule has 4 rings (SSSR count). The van der Waals surface area contributed by atoms with Gasteiger partial charge in [-0.3, -0.25) is 9.78 Å². The number of hydrogen-bond acceptors (Lipinski definition) is 4. The van der Waals surface area contributed by atoms with Crippen LogP contribution in [0.4, 0.5) is 5.69 Å². The van der Waals surface area contributed by atoms with Gasteiger partial charge >= 0.3 is 5.97 Å². The lowest BCUT2D eigenvalue weighted by Gasteiger charge is -2.11. The smallest absolute Gasteiger partial charge is 0.335 e. The average Bonchev–Trinajstić information content (AvgIpc) is 2.73. The number of amides is 1. The number of nitrogens with one attached hydrogen (secondary N) is 1. The maximum atomic E-state index is 13.1. The third-order valence-electron chi connectivity index (χ3n) is 4.34. The van der Waals surface area contributed by atoms with Gasteiger partial charge in [-0.15, -0.1) is 0 Å². The van der Waals surface area contributed by atoms with Gasteiger partial charge in [0.2, 0.25) is 0 Å². The van der Waals surface area contributed by atoms with Crippen molar-refractivity contribution < 1.29 is 14.7 Å². The number of carbonyl (C=O) groups excluding carboxylic acids is 1. The highest BCUT2D eigenvalue weighted by Crippen LogP contribution is 2.27. The lowest BCUT2D eigenvalue weighted by molar-refractivity contribution is 0.0696. The Morgan fingerprint density at radius 1 is 1.00 bits per heavy atom. The summed E-state index contributed by atoms with van der Waals surface area (Å²) in [6, 6.07) is 17.0. The Hall–Kier alpha value is -3.58. The minimum atomic E-state index is -1.06. The average molecular weight is 448 g/mol. The zero-order valence-corrected chi connectivity index (χ0v) is 16.6. The van der Waals surface area contributed by atoms with E-state index in [1.807, 2.05) is 24.3 Å². The normalized spacial score (nSPS) is 10.7. The minimum Gasteiger partial charge on any atom is -0.478 e. The minimum absolute atomic E-state index is 0.0983. The van der Waals surface area contributed by atoms with Gasteiger partial charge in [-0.05, 0) is 54.6 Å². The van der Waals surface area contributed by atoms with Crippen LogP contribution in [0.2, 0.25) is 0 Å². The number of anilines is 1. The molecule has 0 radical (unpaired) electrons. The van der Waals surface area contributed by atoms with Crippen LogP contribution in [0.25, 0.3) is 22.2 Å². The van der Waals surface area contributed by atoms with E-state index in [-0.39, 0.29) is 11.5 Å². The van der Waals surface area contributed by atoms with Crippen molar-refractivity contribution in [1.82, 2.24) is 9.97 Å². The van der Waals surface area contributed by atoms with E-state index in [4.69, 9.17) is 5.11 Å². The molecule has 0 aliphatic carbocycles. The Balaban J connectivity index is 1.80. The summed E-state index contributed by atoms with van der Waals surface area (Å²) in [5.74, 6) is -1.42. The highest BCUT2D eigenvalue weighted by Gasteiger charge is 2.15. The quantitative estimate of drug-likeness (QED) is 0.458. The van der Waals surface area contributed by atoms with Gasteiger partial charge in [0.05, 0.1) is 22.3 Å². The Morgan fingerprint density at radius 3 is 2.62 bits per heavy atom. The van der Waals surface area contributed by atoms with Gasteiger partial charge < -0.3 is 10.4 Å². The molecule has 0 saturated heterocycles. The van der Waals surface area contributed by atoms with Crippen molar-refractivity contribution in [2.75, 3.05) is 5.32 Å². The van der Waals surface area contributed by atoms with Crippen LogP contribution in [0.15, 0.2) is 77.5 Å². The summed E-state index contributed by atoms with van der Waals surface area (Å²) < 4.78 is 0.822. The summed E-state index contributed by atoms with van der Waals surface area (Å²) in [5.41, 5.74) is 3.01. The van der Waals surface area contributed by atoms with Crippen molar-refractivity contribution >= 4 is 44.4 Å². The predicted molar refractivity (Wildman–Crippen MR) is 114 cm³/mol. The molecule has 0 bridgehead atoms. The Kier molecular flexibility index (Phi) is 5.05. The molecule has 29 heavy (non-hydrogen) atoms. The molecule has 0 spiro atoms. The summed E-state index contributed by atoms with van der Waals surface area (Å²) in [6.07, 6.45) is 3.36. The van der Waals surface area contributed by atoms with Crippen LogP contribution in [0, 0.1) is 0 Å². The fourth-order valence-corrected chi connectivity index (χ4v) is 3.34. The molecule has 2 aromatic heterocycles. The number of carboxylic acid groups (broad SMARTS) is 1. The van der Waals surface area contributed by atoms with E-state index < -0.39 is 5.97 Å². The SMILES string of the molecule is O=C(O)c1cccc(NC(=O)c2cc(-c3cccnc3)nc3ccc(Br)cc23)c1. The topological polar surface area (TPSA) is 92.2 Å². The number of pyridine rings is 2. The molecule has 2 aromatic carbocycles. The first kappa shape index (κ1) is 18.8. The van der Waals surface area contributed by atoms with Gasteiger partial charge in [-0.2, -0.15) is 0 Å². The van der Waals surface area contributed by atoms with Gasteiger partial charge in [0.1, 0.15) is 0 Å². The zero-order chi connectivity index (χ0) is 20.4. The third-order valence-corrected chi connectivity index (χ3v) is 4.83. The molecule has 2 heterocycles. The summed E-state index contributed by atoms with van der Waals surface area (Å²) in [5, 5.41) is 12.6. The molecule has 0 aliphatic rings. The number of carboxylic acids is 1. The predicted octanol–water partition coefficient (Wildman–Crippen LogP) is 5.01. The van der Waals surface area contributed by atoms with Gasteiger partial charge in [-0.25, -0.2) is 9.78 Å². The second-order valence-electron chi connectivity index (χ2n) is 6.30. The molecule has 0 aliphatic heterocycles. The molecule has 0 saturated carbocycles. The van der Waals surface area contributed by atoms with Crippen LogP contribution < -0.4 is 5.32 Å². The second kappa shape index (κ2) is 7.81. The number of fused-ring (bicyclic) bond motifs is 1. The standard InChI is InChI=1S/C22H14BrN3O3/c23-15-6-7-19-17(10-15)18(11-20(26-19)14-4-2-8-24-12-14)21(27)25-16-5-1-3-13(9-16)22(28)29/h1-12H,(H,25,27)(H,28,29). The maximum Gasteiger partial charge on any atom is 0.335 e. The van der Waals surface area contributed by atoms with Crippen molar-refractivity contribution in [3.05, 3.63) is 88.7 Å². The van der Waals surface area contributed by atoms with E-state index in [2.05, 4.69) is 31.2 Å². The fourth-order valence-electron chi connectivity index (χ4n) is 2.98. The molecule has 0 atom stereocenters. The molecule has 6 nitrogen and oxygen atoms in total. The Labute approximate surface area is 174 Å². The number of nitrogens with zero attached hydrogens (tertiary/aromatic N) is 2. The molecule has 142 valence electrons. The largest absolute Gasteiger partial charge is 0.478 e. The Bertz CT molecular complexity index is 1240. The van der Waals surface area contributed by atoms with Crippen LogP contribution in [0.3, 0.4) is 0 Å². The van der Waals surface area contributed by atoms with Gasteiger partial charge in [-0.1, -0.05) is 22.0 Å². The van der Waals surface area contributed by atoms with E-state index in [1.54, 1.807) is 36.7 Å². The van der Waals surface area contributed by atoms with E-state index >= 15 is 0 Å². The van der Waals surface area contributed by atoms with Crippen molar-refractivity contribution in [2.24, 2.45) is 0 Å². The van der Waals surface area contributed by atoms with E-state index in [0.717, 1.165) is 10.0 Å². The van der Waals surface area contributed by atoms with Gasteiger partial charge in [0.15, 0.2) is 0 Å². The number of aromatic nitrogens is 2. The van der Waals surface area contributed by atoms with Crippen molar-refractivity contribution in [1.29, 1.82) is 0 Å². The molecule has 0 fully saturated rings. The summed E-state index contributed by atoms with van der Waals surface area (Å²) in [6.45, 7) is 0. The fraction of sp³-hybridized carbons (Fsp3) is 0. The number of hydrogen-bond donors (Lipinski definition) is 2. The second-order valence-corrected chi connectivity index (χ2v) is 7.21. The third kappa shape index (κ3) is 4.00. The molecular weight excluding hydrogens is 434 g/mol. The number of benzene rings is 2. The van der Waals surface area contributed by atoms with Gasteiger partial charge in [0.25, 0.3) is 5.91 Å². The highest BCUT2D eigenvalue weighted by molar-refractivity contribution is 9.10. The van der Waals surface area contributed by atoms with Crippen molar-refractivity contribution in [2.45, 2.75) is 0 Å². The van der Waals surface area contributed by atoms with E-state index in [1.165, 1.54) is 12.1 Å². The van der Waals surface area contributed by atoms with Gasteiger partial charge in [0, 0.05) is 33.5 Å². The molecule has 2 N–H and O–H groups in total. The van der Waals surface area contributed by atoms with Crippen LogP contribution in [0.1, 0.15) is 20.7 Å². The van der Waals surface area contributed by atoms with E-state index in [0.29, 0.717) is 27.8 Å². The monoisotopic (exact) mass is 447 g/mol. The summed E-state index contributed by atoms with van der Waals surface area (Å²) in [4.78, 5) is 33.1. The highest BCUT2D eigenvalue weighted by atomic mass is 79.9. The van der Waals surface area contributed by atoms with Crippen LogP contribution in [-0.4, -0.2) is 27.0 Å². The van der Waals surface area contributed by atoms with Crippen LogP contribution in [0.5, 0.6) is 0 Å². The van der Waals surface area contributed by atoms with Crippen molar-refractivity contribution in [3.63, 3.8) is 0 Å². The number of halogens is 1. The number of aromatic carboxylic acids is 1. The Morgan fingerprint density at radius 2 is 1.86 bits per heavy atom. The molecular formula is C22H14BrN3O3. The van der Waals surface area contributed by atoms with Crippen LogP contribution in [-0.2, 0) is 0 Å². The zero-order valence-electron chi connectivity index (χ0n) is 15.0. The lowest BCUT2D eigenvalue weighted by Crippen LogP contribution is -2.13. The number of carbonyl (C=O) groups is 2. The van der Waals surface area contributed by atoms with Crippen molar-refractivity contribution in [3.8, 4) is 11.3 Å². The maximum absolute atomic E-state index is 13.1. The summed E-state index contributed by atoms with van der Waals surface area (Å²) in [7, 11) is 0. The molecule has 0 unspecified atom stereocenters. The number of rotatable bonds is 4. The van der Waals surface area contributed by atoms with Crippen LogP contribution >= 0.6 is 15.9 Å². The first-order valence-electron chi connectivity index (χ1n) is 8.67. The first-order chi connectivity index (χ1) is 14.0. The molecule has 1 amide bonds. The first-order valence-corrected chi connectivity index (χ1v) is 9.46. The molecule has 7 heteroatoms. The van der Waals surface area contributed by atoms with E-state index in [9.17, 15) is 9.59 Å². The summed E-state index contributed by atoms with van der Waals surface area (Å²) >= 11 is 3.44. The lowest BCUT2D eigenvalue weighted by atomic mass is 10.0.